The third-order valence-corrected chi connectivity index (χ3v) is 5.34. The summed E-state index contributed by atoms with van der Waals surface area (Å²) in [6.45, 7) is 13.0. The monoisotopic (exact) mass is 445 g/mol. The van der Waals surface area contributed by atoms with Crippen LogP contribution in [0, 0.1) is 5.92 Å². The number of benzene rings is 1. The highest BCUT2D eigenvalue weighted by Gasteiger charge is 2.27. The number of guanidine groups is 1. The van der Waals surface area contributed by atoms with Crippen molar-refractivity contribution in [2.24, 2.45) is 10.9 Å². The molecule has 1 aliphatic rings. The summed E-state index contributed by atoms with van der Waals surface area (Å²) < 4.78 is 5.54. The molecular weight excluding hydrogens is 406 g/mol. The van der Waals surface area contributed by atoms with E-state index in [9.17, 15) is 9.59 Å². The summed E-state index contributed by atoms with van der Waals surface area (Å²) in [7, 11) is 1.80. The fourth-order valence-corrected chi connectivity index (χ4v) is 3.77. The SMILES string of the molecule is CCN(CC1CCN(C(=NC)NCc2cccc(NC(C)=O)c2)CC1)C(=O)OC(C)(C)C. The Balaban J connectivity index is 1.84. The Morgan fingerprint density at radius 1 is 1.25 bits per heavy atom. The molecule has 0 atom stereocenters. The molecule has 0 aromatic heterocycles. The number of likely N-dealkylation sites (tertiary alicyclic amines) is 1. The zero-order chi connectivity index (χ0) is 23.7. The maximum atomic E-state index is 12.4. The largest absolute Gasteiger partial charge is 0.444 e. The van der Waals surface area contributed by atoms with Crippen LogP contribution in [0.5, 0.6) is 0 Å². The number of carbonyl (C=O) groups excluding carboxylic acids is 2. The fourth-order valence-electron chi connectivity index (χ4n) is 3.77. The highest BCUT2D eigenvalue weighted by molar-refractivity contribution is 5.88. The van der Waals surface area contributed by atoms with Gasteiger partial charge >= 0.3 is 6.09 Å². The molecule has 1 saturated heterocycles. The van der Waals surface area contributed by atoms with Crippen LogP contribution < -0.4 is 10.6 Å². The predicted molar refractivity (Wildman–Crippen MR) is 129 cm³/mol. The standard InChI is InChI=1S/C24H39N5O3/c1-7-28(23(31)32-24(3,4)5)17-19-11-13-29(14-12-19)22(25-6)26-16-20-9-8-10-21(15-20)27-18(2)30/h8-10,15,19H,7,11-14,16-17H2,1-6H3,(H,25,26)(H,27,30). The van der Waals surface area contributed by atoms with Crippen LogP contribution in [0.4, 0.5) is 10.5 Å². The van der Waals surface area contributed by atoms with E-state index in [1.54, 1.807) is 11.9 Å². The average Bonchev–Trinajstić information content (AvgIpc) is 2.72. The number of hydrogen-bond donors (Lipinski definition) is 2. The van der Waals surface area contributed by atoms with Crippen molar-refractivity contribution in [2.45, 2.75) is 59.6 Å². The number of nitrogens with one attached hydrogen (secondary N) is 2. The number of amides is 2. The molecule has 1 heterocycles. The first-order valence-electron chi connectivity index (χ1n) is 11.4. The highest BCUT2D eigenvalue weighted by Crippen LogP contribution is 2.20. The lowest BCUT2D eigenvalue weighted by Gasteiger charge is -2.36. The molecule has 0 spiro atoms. The minimum atomic E-state index is -0.478. The van der Waals surface area contributed by atoms with Gasteiger partial charge in [0.25, 0.3) is 0 Å². The van der Waals surface area contributed by atoms with Gasteiger partial charge in [0.2, 0.25) is 5.91 Å². The molecule has 1 aliphatic heterocycles. The fraction of sp³-hybridized carbons (Fsp3) is 0.625. The van der Waals surface area contributed by atoms with Gasteiger partial charge in [-0.3, -0.25) is 9.79 Å². The minimum Gasteiger partial charge on any atom is -0.444 e. The van der Waals surface area contributed by atoms with Crippen molar-refractivity contribution in [1.29, 1.82) is 0 Å². The third-order valence-electron chi connectivity index (χ3n) is 5.34. The lowest BCUT2D eigenvalue weighted by molar-refractivity contribution is -0.114. The van der Waals surface area contributed by atoms with Gasteiger partial charge in [0, 0.05) is 52.4 Å². The quantitative estimate of drug-likeness (QED) is 0.515. The van der Waals surface area contributed by atoms with Crippen LogP contribution >= 0.6 is 0 Å². The van der Waals surface area contributed by atoms with Gasteiger partial charge in [-0.1, -0.05) is 12.1 Å². The van der Waals surface area contributed by atoms with Gasteiger partial charge in [-0.25, -0.2) is 4.79 Å². The van der Waals surface area contributed by atoms with Gasteiger partial charge in [-0.15, -0.1) is 0 Å². The maximum absolute atomic E-state index is 12.4. The van der Waals surface area contributed by atoms with Gasteiger partial charge in [-0.05, 0) is 64.2 Å². The minimum absolute atomic E-state index is 0.0814. The molecule has 0 saturated carbocycles. The Kier molecular flexibility index (Phi) is 9.35. The van der Waals surface area contributed by atoms with Crippen molar-refractivity contribution in [3.8, 4) is 0 Å². The van der Waals surface area contributed by atoms with Crippen molar-refractivity contribution in [1.82, 2.24) is 15.1 Å². The number of hydrogen-bond acceptors (Lipinski definition) is 4. The van der Waals surface area contributed by atoms with Crippen LogP contribution in [0.15, 0.2) is 29.3 Å². The Bertz CT molecular complexity index is 795. The van der Waals surface area contributed by atoms with E-state index in [2.05, 4.69) is 20.5 Å². The first-order chi connectivity index (χ1) is 15.1. The molecule has 1 aromatic carbocycles. The van der Waals surface area contributed by atoms with Crippen LogP contribution in [-0.2, 0) is 16.1 Å². The second-order valence-corrected chi connectivity index (χ2v) is 9.23. The van der Waals surface area contributed by atoms with Crippen molar-refractivity contribution in [2.75, 3.05) is 38.5 Å². The zero-order valence-corrected chi connectivity index (χ0v) is 20.4. The van der Waals surface area contributed by atoms with Crippen LogP contribution in [0.1, 0.15) is 53.0 Å². The molecule has 32 heavy (non-hydrogen) atoms. The number of rotatable bonds is 6. The number of aliphatic imine (C=N–C) groups is 1. The Hall–Kier alpha value is -2.77. The van der Waals surface area contributed by atoms with Gasteiger partial charge in [-0.2, -0.15) is 0 Å². The maximum Gasteiger partial charge on any atom is 0.410 e. The molecule has 2 N–H and O–H groups in total. The molecule has 0 radical (unpaired) electrons. The summed E-state index contributed by atoms with van der Waals surface area (Å²) in [5.74, 6) is 1.24. The number of carbonyl (C=O) groups is 2. The lowest BCUT2D eigenvalue weighted by Crippen LogP contribution is -2.47. The van der Waals surface area contributed by atoms with Crippen LogP contribution in [0.25, 0.3) is 0 Å². The molecule has 0 bridgehead atoms. The van der Waals surface area contributed by atoms with Crippen molar-refractivity contribution in [3.63, 3.8) is 0 Å². The van der Waals surface area contributed by atoms with E-state index in [4.69, 9.17) is 4.74 Å². The van der Waals surface area contributed by atoms with Gasteiger partial charge in [0.15, 0.2) is 5.96 Å². The number of anilines is 1. The van der Waals surface area contributed by atoms with Crippen molar-refractivity contribution < 1.29 is 14.3 Å². The number of nitrogens with zero attached hydrogens (tertiary/aromatic N) is 3. The van der Waals surface area contributed by atoms with E-state index < -0.39 is 5.60 Å². The number of ether oxygens (including phenoxy) is 1. The first kappa shape index (κ1) is 25.5. The summed E-state index contributed by atoms with van der Waals surface area (Å²) in [6.07, 6.45) is 1.76. The molecule has 0 unspecified atom stereocenters. The summed E-state index contributed by atoms with van der Waals surface area (Å²) in [5.41, 5.74) is 1.38. The van der Waals surface area contributed by atoms with E-state index >= 15 is 0 Å². The van der Waals surface area contributed by atoms with Gasteiger partial charge in [0.05, 0.1) is 0 Å². The molecular formula is C24H39N5O3. The molecule has 0 aliphatic carbocycles. The molecule has 2 amide bonds. The highest BCUT2D eigenvalue weighted by atomic mass is 16.6. The second kappa shape index (κ2) is 11.7. The Morgan fingerprint density at radius 3 is 2.50 bits per heavy atom. The predicted octanol–water partition coefficient (Wildman–Crippen LogP) is 3.69. The normalized spacial score (nSPS) is 15.3. The van der Waals surface area contributed by atoms with Gasteiger partial charge < -0.3 is 25.2 Å². The molecule has 1 fully saturated rings. The van der Waals surface area contributed by atoms with E-state index in [-0.39, 0.29) is 12.0 Å². The van der Waals surface area contributed by atoms with E-state index in [1.165, 1.54) is 6.92 Å². The van der Waals surface area contributed by atoms with Crippen LogP contribution in [-0.4, -0.2) is 66.6 Å². The number of piperidine rings is 1. The van der Waals surface area contributed by atoms with E-state index in [0.29, 0.717) is 19.0 Å². The van der Waals surface area contributed by atoms with Crippen LogP contribution in [0.3, 0.4) is 0 Å². The molecule has 8 heteroatoms. The zero-order valence-electron chi connectivity index (χ0n) is 20.4. The summed E-state index contributed by atoms with van der Waals surface area (Å²) in [6, 6.07) is 7.79. The van der Waals surface area contributed by atoms with Gasteiger partial charge in [0.1, 0.15) is 5.60 Å². The molecule has 178 valence electrons. The third kappa shape index (κ3) is 8.40. The molecule has 8 nitrogen and oxygen atoms in total. The van der Waals surface area contributed by atoms with Crippen molar-refractivity contribution >= 4 is 23.6 Å². The van der Waals surface area contributed by atoms with E-state index in [0.717, 1.165) is 49.7 Å². The molecule has 1 aromatic rings. The average molecular weight is 446 g/mol. The second-order valence-electron chi connectivity index (χ2n) is 9.23. The van der Waals surface area contributed by atoms with Crippen molar-refractivity contribution in [3.05, 3.63) is 29.8 Å². The lowest BCUT2D eigenvalue weighted by atomic mass is 9.96. The topological polar surface area (TPSA) is 86.3 Å². The summed E-state index contributed by atoms with van der Waals surface area (Å²) in [5, 5.41) is 6.24. The summed E-state index contributed by atoms with van der Waals surface area (Å²) in [4.78, 5) is 32.2. The smallest absolute Gasteiger partial charge is 0.410 e. The molecule has 2 rings (SSSR count). The first-order valence-corrected chi connectivity index (χ1v) is 11.4. The Labute approximate surface area is 192 Å². The van der Waals surface area contributed by atoms with Crippen LogP contribution in [0.2, 0.25) is 0 Å². The Morgan fingerprint density at radius 2 is 1.94 bits per heavy atom. The summed E-state index contributed by atoms with van der Waals surface area (Å²) >= 11 is 0. The van der Waals surface area contributed by atoms with E-state index in [1.807, 2.05) is 52.0 Å².